The van der Waals surface area contributed by atoms with Crippen LogP contribution in [0.25, 0.3) is 38.9 Å². The topological polar surface area (TPSA) is 68.9 Å². The molecular weight excluding hydrogens is 434 g/mol. The largest absolute Gasteiger partial charge is 0.258 e. The van der Waals surface area contributed by atoms with Gasteiger partial charge >= 0.3 is 0 Å². The number of halogens is 2. The van der Waals surface area contributed by atoms with E-state index in [4.69, 9.17) is 4.98 Å². The highest BCUT2D eigenvalue weighted by molar-refractivity contribution is 5.93. The fourth-order valence-electron chi connectivity index (χ4n) is 4.00. The Bertz CT molecular complexity index is 1660. The van der Waals surface area contributed by atoms with Crippen molar-refractivity contribution in [1.29, 1.82) is 0 Å². The second kappa shape index (κ2) is 8.08. The van der Waals surface area contributed by atoms with Gasteiger partial charge in [0.15, 0.2) is 11.5 Å². The summed E-state index contributed by atoms with van der Waals surface area (Å²) >= 11 is 0. The molecule has 6 nitrogen and oxygen atoms in total. The van der Waals surface area contributed by atoms with E-state index in [1.54, 1.807) is 35.2 Å². The van der Waals surface area contributed by atoms with Crippen molar-refractivity contribution in [3.8, 4) is 22.4 Å². The summed E-state index contributed by atoms with van der Waals surface area (Å²) in [6, 6.07) is 18.8. The van der Waals surface area contributed by atoms with Crippen molar-refractivity contribution < 1.29 is 8.78 Å². The molecule has 164 valence electrons. The van der Waals surface area contributed by atoms with Crippen LogP contribution in [0, 0.1) is 11.6 Å². The maximum absolute atomic E-state index is 14.2. The Morgan fingerprint density at radius 1 is 0.794 bits per heavy atom. The second-order valence-electron chi connectivity index (χ2n) is 7.79. The molecular formula is C26H16F2N6. The first-order chi connectivity index (χ1) is 16.7. The summed E-state index contributed by atoms with van der Waals surface area (Å²) in [5.74, 6) is -0.321. The van der Waals surface area contributed by atoms with Gasteiger partial charge in [-0.2, -0.15) is 0 Å². The van der Waals surface area contributed by atoms with E-state index in [2.05, 4.69) is 20.1 Å². The minimum Gasteiger partial charge on any atom is -0.258 e. The average molecular weight is 450 g/mol. The summed E-state index contributed by atoms with van der Waals surface area (Å²) in [5.41, 5.74) is 4.67. The molecule has 0 atom stereocenters. The van der Waals surface area contributed by atoms with E-state index in [1.807, 2.05) is 30.3 Å². The fraction of sp³-hybridized carbons (Fsp3) is 0.0385. The van der Waals surface area contributed by atoms with Crippen LogP contribution in [0.4, 0.5) is 8.78 Å². The number of hydrogen-bond acceptors (Lipinski definition) is 5. The SMILES string of the molecule is Fc1ccc(-c2ncn3nc(Cc4ncccc4F)nc3c2-c2ccc3ncccc3c2)cc1. The smallest absolute Gasteiger partial charge is 0.167 e. The van der Waals surface area contributed by atoms with E-state index in [0.29, 0.717) is 17.2 Å². The van der Waals surface area contributed by atoms with E-state index >= 15 is 0 Å². The molecule has 0 aliphatic carbocycles. The lowest BCUT2D eigenvalue weighted by molar-refractivity contribution is 0.601. The standard InChI is InChI=1S/C26H16F2N6/c27-19-8-5-16(6-9-19)25-24(18-7-10-21-17(13-18)3-1-11-29-21)26-32-23(33-34(26)15-31-25)14-22-20(28)4-2-12-30-22/h1-13,15H,14H2. The molecule has 0 spiro atoms. The van der Waals surface area contributed by atoms with Crippen molar-refractivity contribution in [1.82, 2.24) is 29.5 Å². The summed E-state index contributed by atoms with van der Waals surface area (Å²) in [7, 11) is 0. The predicted molar refractivity (Wildman–Crippen MR) is 124 cm³/mol. The lowest BCUT2D eigenvalue weighted by Crippen LogP contribution is -1.98. The lowest BCUT2D eigenvalue weighted by Gasteiger charge is -2.11. The Hall–Kier alpha value is -4.59. The number of fused-ring (bicyclic) bond motifs is 2. The zero-order valence-corrected chi connectivity index (χ0v) is 17.7. The maximum Gasteiger partial charge on any atom is 0.167 e. The molecule has 0 saturated heterocycles. The quantitative estimate of drug-likeness (QED) is 0.366. The third-order valence-electron chi connectivity index (χ3n) is 5.60. The summed E-state index contributed by atoms with van der Waals surface area (Å²) in [5, 5.41) is 5.47. The van der Waals surface area contributed by atoms with Crippen LogP contribution in [0.5, 0.6) is 0 Å². The van der Waals surface area contributed by atoms with Gasteiger partial charge in [0, 0.05) is 23.3 Å². The second-order valence-corrected chi connectivity index (χ2v) is 7.79. The predicted octanol–water partition coefficient (Wildman–Crippen LogP) is 5.27. The molecule has 0 fully saturated rings. The summed E-state index contributed by atoms with van der Waals surface area (Å²) < 4.78 is 29.3. The highest BCUT2D eigenvalue weighted by atomic mass is 19.1. The Morgan fingerprint density at radius 3 is 2.44 bits per heavy atom. The van der Waals surface area contributed by atoms with Crippen LogP contribution in [-0.2, 0) is 6.42 Å². The molecule has 0 amide bonds. The van der Waals surface area contributed by atoms with Crippen molar-refractivity contribution in [2.45, 2.75) is 6.42 Å². The van der Waals surface area contributed by atoms with Crippen LogP contribution in [0.3, 0.4) is 0 Å². The van der Waals surface area contributed by atoms with Gasteiger partial charge in [-0.05, 0) is 60.2 Å². The van der Waals surface area contributed by atoms with E-state index in [-0.39, 0.29) is 17.9 Å². The van der Waals surface area contributed by atoms with E-state index in [9.17, 15) is 8.78 Å². The Labute approximate surface area is 192 Å². The van der Waals surface area contributed by atoms with Gasteiger partial charge in [0.2, 0.25) is 0 Å². The number of rotatable bonds is 4. The summed E-state index contributed by atoms with van der Waals surface area (Å²) in [6.45, 7) is 0. The molecule has 0 saturated carbocycles. The minimum absolute atomic E-state index is 0.140. The molecule has 0 aliphatic heterocycles. The number of aromatic nitrogens is 6. The van der Waals surface area contributed by atoms with Gasteiger partial charge in [-0.3, -0.25) is 9.97 Å². The van der Waals surface area contributed by atoms with Crippen LogP contribution in [0.15, 0.2) is 85.5 Å². The molecule has 0 N–H and O–H groups in total. The van der Waals surface area contributed by atoms with E-state index in [0.717, 1.165) is 27.6 Å². The van der Waals surface area contributed by atoms with Crippen LogP contribution < -0.4 is 0 Å². The van der Waals surface area contributed by atoms with Crippen molar-refractivity contribution in [2.75, 3.05) is 0 Å². The molecule has 0 bridgehead atoms. The number of pyridine rings is 2. The number of nitrogens with zero attached hydrogens (tertiary/aromatic N) is 6. The van der Waals surface area contributed by atoms with Gasteiger partial charge in [0.25, 0.3) is 0 Å². The number of hydrogen-bond donors (Lipinski definition) is 0. The molecule has 4 aromatic heterocycles. The highest BCUT2D eigenvalue weighted by Gasteiger charge is 2.19. The first-order valence-electron chi connectivity index (χ1n) is 10.6. The van der Waals surface area contributed by atoms with Crippen molar-refractivity contribution >= 4 is 16.6 Å². The van der Waals surface area contributed by atoms with Gasteiger partial charge in [-0.15, -0.1) is 5.10 Å². The third-order valence-corrected chi connectivity index (χ3v) is 5.60. The van der Waals surface area contributed by atoms with Crippen LogP contribution in [0.2, 0.25) is 0 Å². The normalized spacial score (nSPS) is 11.4. The molecule has 0 aliphatic rings. The van der Waals surface area contributed by atoms with Gasteiger partial charge in [0.05, 0.1) is 28.9 Å². The maximum atomic E-state index is 14.2. The Morgan fingerprint density at radius 2 is 1.59 bits per heavy atom. The molecule has 6 rings (SSSR count). The van der Waals surface area contributed by atoms with Crippen LogP contribution in [0.1, 0.15) is 11.5 Å². The van der Waals surface area contributed by atoms with Crippen LogP contribution >= 0.6 is 0 Å². The molecule has 6 aromatic rings. The molecule has 34 heavy (non-hydrogen) atoms. The molecule has 2 aromatic carbocycles. The molecule has 4 heterocycles. The Balaban J connectivity index is 1.57. The first-order valence-corrected chi connectivity index (χ1v) is 10.6. The van der Waals surface area contributed by atoms with E-state index in [1.165, 1.54) is 24.4 Å². The minimum atomic E-state index is -0.409. The van der Waals surface area contributed by atoms with Gasteiger partial charge in [-0.25, -0.2) is 23.3 Å². The van der Waals surface area contributed by atoms with E-state index < -0.39 is 5.82 Å². The number of benzene rings is 2. The van der Waals surface area contributed by atoms with Crippen molar-refractivity contribution in [3.05, 3.63) is 109 Å². The lowest BCUT2D eigenvalue weighted by atomic mass is 9.98. The molecule has 8 heteroatoms. The molecule has 0 unspecified atom stereocenters. The van der Waals surface area contributed by atoms with Crippen LogP contribution in [-0.4, -0.2) is 29.5 Å². The Kier molecular flexibility index (Phi) is 4.76. The van der Waals surface area contributed by atoms with Gasteiger partial charge in [-0.1, -0.05) is 12.1 Å². The zero-order valence-electron chi connectivity index (χ0n) is 17.7. The summed E-state index contributed by atoms with van der Waals surface area (Å²) in [4.78, 5) is 17.9. The van der Waals surface area contributed by atoms with Crippen molar-refractivity contribution in [2.24, 2.45) is 0 Å². The zero-order chi connectivity index (χ0) is 23.1. The average Bonchev–Trinajstić information content (AvgIpc) is 3.28. The third kappa shape index (κ3) is 3.55. The monoisotopic (exact) mass is 450 g/mol. The fourth-order valence-corrected chi connectivity index (χ4v) is 4.00. The summed E-state index contributed by atoms with van der Waals surface area (Å²) in [6.07, 6.45) is 4.99. The van der Waals surface area contributed by atoms with Gasteiger partial charge < -0.3 is 0 Å². The first kappa shape index (κ1) is 20.0. The van der Waals surface area contributed by atoms with Crippen molar-refractivity contribution in [3.63, 3.8) is 0 Å². The van der Waals surface area contributed by atoms with Gasteiger partial charge in [0.1, 0.15) is 18.0 Å². The molecule has 0 radical (unpaired) electrons. The highest BCUT2D eigenvalue weighted by Crippen LogP contribution is 2.34.